The summed E-state index contributed by atoms with van der Waals surface area (Å²) in [5.74, 6) is 0.183. The molecule has 0 aliphatic carbocycles. The standard InChI is InChI=1S/C17H25N3O4/c1-11(2)24-16-7-6-15(20(22)23)8-14(16)10-19-9-13(17(18)21)5-4-12(19)3/h6-8,11-13H,4-5,9-10H2,1-3H3,(H2,18,21)/t12-,13-/m0/s1. The van der Waals surface area contributed by atoms with Crippen molar-refractivity contribution in [1.29, 1.82) is 0 Å². The van der Waals surface area contributed by atoms with Crippen LogP contribution in [0.3, 0.4) is 0 Å². The molecule has 1 aromatic rings. The average Bonchev–Trinajstić information content (AvgIpc) is 2.50. The molecule has 1 aliphatic heterocycles. The van der Waals surface area contributed by atoms with Crippen molar-refractivity contribution in [3.8, 4) is 5.75 Å². The largest absolute Gasteiger partial charge is 0.491 e. The summed E-state index contributed by atoms with van der Waals surface area (Å²) in [5, 5.41) is 11.1. The Hall–Kier alpha value is -2.15. The van der Waals surface area contributed by atoms with Crippen LogP contribution in [-0.4, -0.2) is 34.4 Å². The number of likely N-dealkylation sites (tertiary alicyclic amines) is 1. The summed E-state index contributed by atoms with van der Waals surface area (Å²) in [5.41, 5.74) is 6.25. The number of hydrogen-bond acceptors (Lipinski definition) is 5. The minimum absolute atomic E-state index is 0.0256. The molecule has 1 fully saturated rings. The lowest BCUT2D eigenvalue weighted by molar-refractivity contribution is -0.385. The number of rotatable bonds is 6. The number of nitro groups is 1. The van der Waals surface area contributed by atoms with E-state index in [0.717, 1.165) is 18.4 Å². The van der Waals surface area contributed by atoms with Crippen LogP contribution in [0, 0.1) is 16.0 Å². The summed E-state index contributed by atoms with van der Waals surface area (Å²) in [6, 6.07) is 4.94. The maximum Gasteiger partial charge on any atom is 0.270 e. The quantitative estimate of drug-likeness (QED) is 0.636. The van der Waals surface area contributed by atoms with Crippen LogP contribution in [0.15, 0.2) is 18.2 Å². The maximum absolute atomic E-state index is 11.5. The number of benzene rings is 1. The first kappa shape index (κ1) is 18.2. The summed E-state index contributed by atoms with van der Waals surface area (Å²) in [4.78, 5) is 24.3. The first-order valence-corrected chi connectivity index (χ1v) is 8.25. The van der Waals surface area contributed by atoms with Gasteiger partial charge in [0.1, 0.15) is 5.75 Å². The third-order valence-electron chi connectivity index (χ3n) is 4.40. The van der Waals surface area contributed by atoms with Crippen molar-refractivity contribution in [2.45, 2.75) is 52.3 Å². The Morgan fingerprint density at radius 1 is 1.46 bits per heavy atom. The number of ether oxygens (including phenoxy) is 1. The number of piperidine rings is 1. The number of carbonyl (C=O) groups excluding carboxylic acids is 1. The molecule has 0 radical (unpaired) electrons. The van der Waals surface area contributed by atoms with Gasteiger partial charge in [-0.05, 0) is 39.7 Å². The normalized spacial score (nSPS) is 21.7. The molecule has 1 amide bonds. The van der Waals surface area contributed by atoms with Crippen molar-refractivity contribution < 1.29 is 14.5 Å². The minimum Gasteiger partial charge on any atom is -0.491 e. The predicted molar refractivity (Wildman–Crippen MR) is 90.7 cm³/mol. The summed E-state index contributed by atoms with van der Waals surface area (Å²) >= 11 is 0. The van der Waals surface area contributed by atoms with Crippen molar-refractivity contribution >= 4 is 11.6 Å². The number of hydrogen-bond donors (Lipinski definition) is 1. The van der Waals surface area contributed by atoms with Crippen LogP contribution in [0.1, 0.15) is 39.2 Å². The molecule has 0 aromatic heterocycles. The number of nitro benzene ring substituents is 1. The molecule has 0 saturated carbocycles. The molecule has 2 N–H and O–H groups in total. The number of primary amides is 1. The zero-order valence-corrected chi connectivity index (χ0v) is 14.4. The number of amides is 1. The molecule has 7 nitrogen and oxygen atoms in total. The SMILES string of the molecule is CC(C)Oc1ccc([N+](=O)[O-])cc1CN1C[C@@H](C(N)=O)CC[C@@H]1C. The van der Waals surface area contributed by atoms with E-state index in [2.05, 4.69) is 11.8 Å². The Morgan fingerprint density at radius 2 is 2.17 bits per heavy atom. The topological polar surface area (TPSA) is 98.7 Å². The zero-order chi connectivity index (χ0) is 17.9. The molecule has 0 spiro atoms. The molecule has 0 unspecified atom stereocenters. The van der Waals surface area contributed by atoms with Gasteiger partial charge in [0.05, 0.1) is 16.9 Å². The van der Waals surface area contributed by atoms with Gasteiger partial charge in [0.25, 0.3) is 5.69 Å². The van der Waals surface area contributed by atoms with Gasteiger partial charge in [0.2, 0.25) is 5.91 Å². The highest BCUT2D eigenvalue weighted by atomic mass is 16.6. The van der Waals surface area contributed by atoms with E-state index in [9.17, 15) is 14.9 Å². The summed E-state index contributed by atoms with van der Waals surface area (Å²) in [6.45, 7) is 6.99. The van der Waals surface area contributed by atoms with Gasteiger partial charge in [-0.1, -0.05) is 0 Å². The Bertz CT molecular complexity index is 618. The fraction of sp³-hybridized carbons (Fsp3) is 0.588. The first-order valence-electron chi connectivity index (χ1n) is 8.25. The molecule has 24 heavy (non-hydrogen) atoms. The predicted octanol–water partition coefficient (Wildman–Crippen LogP) is 2.47. The molecule has 1 aromatic carbocycles. The van der Waals surface area contributed by atoms with E-state index in [1.165, 1.54) is 6.07 Å². The van der Waals surface area contributed by atoms with E-state index in [1.54, 1.807) is 12.1 Å². The van der Waals surface area contributed by atoms with Gasteiger partial charge in [-0.2, -0.15) is 0 Å². The van der Waals surface area contributed by atoms with Crippen molar-refractivity contribution in [3.05, 3.63) is 33.9 Å². The van der Waals surface area contributed by atoms with Crippen molar-refractivity contribution in [2.75, 3.05) is 6.54 Å². The number of carbonyl (C=O) groups is 1. The highest BCUT2D eigenvalue weighted by Gasteiger charge is 2.29. The third kappa shape index (κ3) is 4.44. The number of non-ortho nitro benzene ring substituents is 1. The van der Waals surface area contributed by atoms with Crippen molar-refractivity contribution in [2.24, 2.45) is 11.7 Å². The van der Waals surface area contributed by atoms with Gasteiger partial charge in [-0.15, -0.1) is 0 Å². The molecule has 0 bridgehead atoms. The summed E-state index contributed by atoms with van der Waals surface area (Å²) in [6.07, 6.45) is 1.64. The first-order chi connectivity index (χ1) is 11.3. The maximum atomic E-state index is 11.5. The lowest BCUT2D eigenvalue weighted by Gasteiger charge is -2.37. The smallest absolute Gasteiger partial charge is 0.270 e. The second kappa shape index (κ2) is 7.61. The Balaban J connectivity index is 2.26. The van der Waals surface area contributed by atoms with Gasteiger partial charge in [0, 0.05) is 36.8 Å². The van der Waals surface area contributed by atoms with E-state index in [0.29, 0.717) is 18.8 Å². The van der Waals surface area contributed by atoms with Crippen molar-refractivity contribution in [3.63, 3.8) is 0 Å². The Kier molecular flexibility index (Phi) is 5.77. The second-order valence-electron chi connectivity index (χ2n) is 6.67. The fourth-order valence-corrected chi connectivity index (χ4v) is 3.02. The summed E-state index contributed by atoms with van der Waals surface area (Å²) < 4.78 is 5.79. The molecule has 1 aliphatic rings. The molecule has 2 atom stereocenters. The van der Waals surface area contributed by atoms with E-state index < -0.39 is 4.92 Å². The highest BCUT2D eigenvalue weighted by Crippen LogP contribution is 2.30. The molecular weight excluding hydrogens is 310 g/mol. The lowest BCUT2D eigenvalue weighted by Crippen LogP contribution is -2.45. The van der Waals surface area contributed by atoms with Crippen LogP contribution in [0.25, 0.3) is 0 Å². The Labute approximate surface area is 141 Å². The van der Waals surface area contributed by atoms with E-state index >= 15 is 0 Å². The van der Waals surface area contributed by atoms with Gasteiger partial charge >= 0.3 is 0 Å². The monoisotopic (exact) mass is 335 g/mol. The summed E-state index contributed by atoms with van der Waals surface area (Å²) in [7, 11) is 0. The van der Waals surface area contributed by atoms with E-state index in [1.807, 2.05) is 13.8 Å². The number of nitrogens with two attached hydrogens (primary N) is 1. The van der Waals surface area contributed by atoms with Crippen LogP contribution in [0.2, 0.25) is 0 Å². The average molecular weight is 335 g/mol. The highest BCUT2D eigenvalue weighted by molar-refractivity contribution is 5.77. The molecule has 7 heteroatoms. The van der Waals surface area contributed by atoms with Crippen LogP contribution >= 0.6 is 0 Å². The van der Waals surface area contributed by atoms with Crippen LogP contribution in [0.4, 0.5) is 5.69 Å². The lowest BCUT2D eigenvalue weighted by atomic mass is 9.92. The van der Waals surface area contributed by atoms with E-state index in [-0.39, 0.29) is 29.7 Å². The molecule has 1 heterocycles. The molecule has 1 saturated heterocycles. The van der Waals surface area contributed by atoms with E-state index in [4.69, 9.17) is 10.5 Å². The molecule has 132 valence electrons. The van der Waals surface area contributed by atoms with Crippen LogP contribution in [0.5, 0.6) is 5.75 Å². The van der Waals surface area contributed by atoms with Crippen LogP contribution in [-0.2, 0) is 11.3 Å². The minimum atomic E-state index is -0.408. The fourth-order valence-electron chi connectivity index (χ4n) is 3.02. The van der Waals surface area contributed by atoms with Gasteiger partial charge in [0.15, 0.2) is 0 Å². The second-order valence-corrected chi connectivity index (χ2v) is 6.67. The zero-order valence-electron chi connectivity index (χ0n) is 14.4. The van der Waals surface area contributed by atoms with Crippen molar-refractivity contribution in [1.82, 2.24) is 4.90 Å². The van der Waals surface area contributed by atoms with Gasteiger partial charge in [-0.25, -0.2) is 0 Å². The van der Waals surface area contributed by atoms with Gasteiger partial charge in [-0.3, -0.25) is 19.8 Å². The Morgan fingerprint density at radius 3 is 2.75 bits per heavy atom. The van der Waals surface area contributed by atoms with Gasteiger partial charge < -0.3 is 10.5 Å². The molecular formula is C17H25N3O4. The number of nitrogens with zero attached hydrogens (tertiary/aromatic N) is 2. The third-order valence-corrected chi connectivity index (χ3v) is 4.40. The molecule has 2 rings (SSSR count). The van der Waals surface area contributed by atoms with Crippen LogP contribution < -0.4 is 10.5 Å².